The van der Waals surface area contributed by atoms with Crippen molar-refractivity contribution in [3.63, 3.8) is 0 Å². The molecule has 1 aromatic heterocycles. The minimum absolute atomic E-state index is 0.0798. The van der Waals surface area contributed by atoms with Crippen molar-refractivity contribution in [2.75, 3.05) is 0 Å². The lowest BCUT2D eigenvalue weighted by Gasteiger charge is -2.08. The van der Waals surface area contributed by atoms with E-state index in [-0.39, 0.29) is 17.1 Å². The fourth-order valence-electron chi connectivity index (χ4n) is 1.44. The van der Waals surface area contributed by atoms with Crippen LogP contribution in [0, 0.1) is 5.82 Å². The minimum Gasteiger partial charge on any atom is -0.478 e. The molecule has 1 aromatic carbocycles. The van der Waals surface area contributed by atoms with E-state index >= 15 is 0 Å². The van der Waals surface area contributed by atoms with Crippen LogP contribution < -0.4 is 0 Å². The van der Waals surface area contributed by atoms with Gasteiger partial charge in [0, 0.05) is 0 Å². The topological polar surface area (TPSA) is 68.0 Å². The highest BCUT2D eigenvalue weighted by Crippen LogP contribution is 2.18. The van der Waals surface area contributed by atoms with E-state index in [0.717, 1.165) is 6.07 Å². The van der Waals surface area contributed by atoms with Gasteiger partial charge in [-0.05, 0) is 18.2 Å². The zero-order valence-corrected chi connectivity index (χ0v) is 9.23. The average molecular weight is 256 g/mol. The van der Waals surface area contributed by atoms with Gasteiger partial charge in [-0.3, -0.25) is 4.57 Å². The number of halogens is 2. The number of hydrogen-bond donors (Lipinski definition) is 1. The molecule has 5 nitrogen and oxygen atoms in total. The lowest BCUT2D eigenvalue weighted by Crippen LogP contribution is -2.07. The predicted molar refractivity (Wildman–Crippen MR) is 57.8 cm³/mol. The maximum absolute atomic E-state index is 13.0. The fourth-order valence-corrected chi connectivity index (χ4v) is 1.62. The monoisotopic (exact) mass is 255 g/mol. The van der Waals surface area contributed by atoms with Gasteiger partial charge in [0.2, 0.25) is 0 Å². The minimum atomic E-state index is -1.23. The summed E-state index contributed by atoms with van der Waals surface area (Å²) in [7, 11) is 0. The molecule has 0 unspecified atom stereocenters. The molecule has 0 saturated heterocycles. The van der Waals surface area contributed by atoms with Gasteiger partial charge in [-0.25, -0.2) is 9.18 Å². The van der Waals surface area contributed by atoms with Crippen LogP contribution in [0.25, 0.3) is 5.69 Å². The third kappa shape index (κ3) is 2.12. The Hall–Kier alpha value is -1.95. The van der Waals surface area contributed by atoms with Crippen molar-refractivity contribution >= 4 is 17.6 Å². The van der Waals surface area contributed by atoms with E-state index in [4.69, 9.17) is 16.7 Å². The molecule has 0 aliphatic rings. The smallest absolute Gasteiger partial charge is 0.337 e. The molecule has 0 fully saturated rings. The molecule has 0 amide bonds. The molecule has 0 aliphatic heterocycles. The Kier molecular flexibility index (Phi) is 3.06. The second-order valence-corrected chi connectivity index (χ2v) is 3.48. The normalized spacial score (nSPS) is 10.5. The van der Waals surface area contributed by atoms with Crippen LogP contribution in [0.2, 0.25) is 0 Å². The van der Waals surface area contributed by atoms with Gasteiger partial charge in [0.05, 0.1) is 17.1 Å². The highest BCUT2D eigenvalue weighted by atomic mass is 35.5. The summed E-state index contributed by atoms with van der Waals surface area (Å²) < 4.78 is 14.4. The van der Waals surface area contributed by atoms with Crippen molar-refractivity contribution in [3.05, 3.63) is 41.7 Å². The quantitative estimate of drug-likeness (QED) is 0.850. The van der Waals surface area contributed by atoms with Gasteiger partial charge in [0.15, 0.2) is 5.82 Å². The number of carboxylic acid groups (broad SMARTS) is 1. The maximum atomic E-state index is 13.0. The molecule has 2 aromatic rings. The zero-order chi connectivity index (χ0) is 12.4. The first-order valence-corrected chi connectivity index (χ1v) is 5.15. The zero-order valence-electron chi connectivity index (χ0n) is 8.47. The molecule has 88 valence electrons. The summed E-state index contributed by atoms with van der Waals surface area (Å²) >= 11 is 5.64. The lowest BCUT2D eigenvalue weighted by molar-refractivity contribution is 0.0696. The van der Waals surface area contributed by atoms with E-state index in [1.807, 2.05) is 0 Å². The van der Waals surface area contributed by atoms with Crippen LogP contribution in [0.5, 0.6) is 0 Å². The highest BCUT2D eigenvalue weighted by Gasteiger charge is 2.15. The van der Waals surface area contributed by atoms with Crippen molar-refractivity contribution in [2.24, 2.45) is 0 Å². The molecular formula is C10H7ClFN3O2. The van der Waals surface area contributed by atoms with Gasteiger partial charge >= 0.3 is 5.97 Å². The number of benzene rings is 1. The van der Waals surface area contributed by atoms with Gasteiger partial charge in [-0.15, -0.1) is 21.8 Å². The Labute approximate surface area is 100 Å². The van der Waals surface area contributed by atoms with Gasteiger partial charge < -0.3 is 5.11 Å². The van der Waals surface area contributed by atoms with Crippen molar-refractivity contribution in [3.8, 4) is 5.69 Å². The molecule has 0 atom stereocenters. The molecule has 0 saturated carbocycles. The summed E-state index contributed by atoms with van der Waals surface area (Å²) in [5.74, 6) is -1.38. The van der Waals surface area contributed by atoms with E-state index in [1.54, 1.807) is 0 Å². The molecule has 0 radical (unpaired) electrons. The number of aromatic carboxylic acids is 1. The van der Waals surface area contributed by atoms with Crippen LogP contribution in [-0.4, -0.2) is 25.8 Å². The Bertz CT molecular complexity index is 570. The fraction of sp³-hybridized carbons (Fsp3) is 0.100. The van der Waals surface area contributed by atoms with E-state index in [9.17, 15) is 9.18 Å². The van der Waals surface area contributed by atoms with Crippen LogP contribution in [-0.2, 0) is 5.88 Å². The first-order chi connectivity index (χ1) is 8.13. The summed E-state index contributed by atoms with van der Waals surface area (Å²) in [5.41, 5.74) is 0.107. The summed E-state index contributed by atoms with van der Waals surface area (Å²) in [6.45, 7) is 0. The molecule has 1 N–H and O–H groups in total. The number of hydrogen-bond acceptors (Lipinski definition) is 3. The van der Waals surface area contributed by atoms with Crippen LogP contribution in [0.4, 0.5) is 4.39 Å². The van der Waals surface area contributed by atoms with E-state index in [0.29, 0.717) is 5.82 Å². The van der Waals surface area contributed by atoms with Gasteiger partial charge in [0.1, 0.15) is 12.1 Å². The third-order valence-corrected chi connectivity index (χ3v) is 2.43. The molecular weight excluding hydrogens is 249 g/mol. The van der Waals surface area contributed by atoms with Gasteiger partial charge in [0.25, 0.3) is 0 Å². The Morgan fingerprint density at radius 2 is 2.29 bits per heavy atom. The number of carboxylic acids is 1. The second kappa shape index (κ2) is 4.50. The Morgan fingerprint density at radius 1 is 1.53 bits per heavy atom. The number of carbonyl (C=O) groups is 1. The second-order valence-electron chi connectivity index (χ2n) is 3.22. The predicted octanol–water partition coefficient (Wildman–Crippen LogP) is 1.84. The summed E-state index contributed by atoms with van der Waals surface area (Å²) in [6.07, 6.45) is 1.33. The van der Waals surface area contributed by atoms with Crippen LogP contribution in [0.15, 0.2) is 24.5 Å². The number of aromatic nitrogens is 3. The Morgan fingerprint density at radius 3 is 2.94 bits per heavy atom. The average Bonchev–Trinajstić information content (AvgIpc) is 2.76. The van der Waals surface area contributed by atoms with Crippen molar-refractivity contribution < 1.29 is 14.3 Å². The van der Waals surface area contributed by atoms with Crippen molar-refractivity contribution in [1.82, 2.24) is 14.8 Å². The van der Waals surface area contributed by atoms with Crippen LogP contribution in [0.3, 0.4) is 0 Å². The molecule has 17 heavy (non-hydrogen) atoms. The Balaban J connectivity index is 2.63. The number of rotatable bonds is 3. The molecule has 0 bridgehead atoms. The summed E-state index contributed by atoms with van der Waals surface area (Å²) in [5, 5.41) is 16.4. The van der Waals surface area contributed by atoms with E-state index < -0.39 is 11.8 Å². The molecule has 0 aliphatic carbocycles. The lowest BCUT2D eigenvalue weighted by atomic mass is 10.1. The first kappa shape index (κ1) is 11.5. The van der Waals surface area contributed by atoms with Crippen molar-refractivity contribution in [2.45, 2.75) is 5.88 Å². The number of nitrogens with zero attached hydrogens (tertiary/aromatic N) is 3. The molecule has 2 rings (SSSR count). The van der Waals surface area contributed by atoms with Gasteiger partial charge in [-0.1, -0.05) is 0 Å². The summed E-state index contributed by atoms with van der Waals surface area (Å²) in [4.78, 5) is 11.0. The molecule has 1 heterocycles. The van der Waals surface area contributed by atoms with E-state index in [2.05, 4.69) is 10.2 Å². The van der Waals surface area contributed by atoms with Crippen LogP contribution in [0.1, 0.15) is 16.2 Å². The van der Waals surface area contributed by atoms with Crippen LogP contribution >= 0.6 is 11.6 Å². The largest absolute Gasteiger partial charge is 0.478 e. The summed E-state index contributed by atoms with van der Waals surface area (Å²) in [6, 6.07) is 3.45. The number of alkyl halides is 1. The van der Waals surface area contributed by atoms with Gasteiger partial charge in [-0.2, -0.15) is 0 Å². The van der Waals surface area contributed by atoms with E-state index in [1.165, 1.54) is 23.0 Å². The highest BCUT2D eigenvalue weighted by molar-refractivity contribution is 6.16. The third-order valence-electron chi connectivity index (χ3n) is 2.19. The van der Waals surface area contributed by atoms with Crippen molar-refractivity contribution in [1.29, 1.82) is 0 Å². The standard InChI is InChI=1S/C10H7ClFN3O2/c11-4-9-14-13-5-15(9)8-2-1-6(12)3-7(8)10(16)17/h1-3,5H,4H2,(H,16,17). The molecule has 0 spiro atoms. The first-order valence-electron chi connectivity index (χ1n) is 4.61. The SMILES string of the molecule is O=C(O)c1cc(F)ccc1-n1cnnc1CCl. The maximum Gasteiger partial charge on any atom is 0.337 e. The molecule has 7 heteroatoms.